The number of carbonyl (C=O) groups is 1. The van der Waals surface area contributed by atoms with E-state index >= 15 is 0 Å². The highest BCUT2D eigenvalue weighted by Crippen LogP contribution is 2.20. The second kappa shape index (κ2) is 7.38. The molecule has 2 N–H and O–H groups in total. The number of aliphatic hydroxyl groups is 1. The Labute approximate surface area is 133 Å². The summed E-state index contributed by atoms with van der Waals surface area (Å²) in [5.41, 5.74) is 2.56. The SMILES string of the molecule is Cc1cc(C(=O)NCCc2ccc(CO)cc2)c(Cl)cc1F. The van der Waals surface area contributed by atoms with Crippen LogP contribution in [0, 0.1) is 12.7 Å². The van der Waals surface area contributed by atoms with E-state index in [1.807, 2.05) is 24.3 Å². The molecule has 0 spiro atoms. The summed E-state index contributed by atoms with van der Waals surface area (Å²) >= 11 is 5.90. The first-order valence-corrected chi connectivity index (χ1v) is 7.31. The lowest BCUT2D eigenvalue weighted by atomic mass is 10.1. The maximum absolute atomic E-state index is 13.3. The topological polar surface area (TPSA) is 49.3 Å². The highest BCUT2D eigenvalue weighted by Gasteiger charge is 2.12. The van der Waals surface area contributed by atoms with Crippen molar-refractivity contribution in [2.75, 3.05) is 6.54 Å². The molecule has 0 unspecified atom stereocenters. The van der Waals surface area contributed by atoms with Crippen LogP contribution in [0.25, 0.3) is 0 Å². The van der Waals surface area contributed by atoms with Gasteiger partial charge in [0.1, 0.15) is 5.82 Å². The molecule has 2 rings (SSSR count). The van der Waals surface area contributed by atoms with Crippen molar-refractivity contribution in [1.82, 2.24) is 5.32 Å². The molecular weight excluding hydrogens is 305 g/mol. The molecule has 0 aliphatic carbocycles. The Balaban J connectivity index is 1.94. The Morgan fingerprint density at radius 1 is 1.23 bits per heavy atom. The number of hydrogen-bond donors (Lipinski definition) is 2. The van der Waals surface area contributed by atoms with Gasteiger partial charge in [-0.15, -0.1) is 0 Å². The van der Waals surface area contributed by atoms with E-state index in [0.717, 1.165) is 17.2 Å². The van der Waals surface area contributed by atoms with E-state index in [1.54, 1.807) is 6.92 Å². The van der Waals surface area contributed by atoms with Gasteiger partial charge in [0.15, 0.2) is 0 Å². The second-order valence-corrected chi connectivity index (χ2v) is 5.47. The minimum absolute atomic E-state index is 0.0133. The molecule has 0 saturated carbocycles. The largest absolute Gasteiger partial charge is 0.392 e. The van der Waals surface area contributed by atoms with Gasteiger partial charge in [0.2, 0.25) is 0 Å². The maximum Gasteiger partial charge on any atom is 0.252 e. The van der Waals surface area contributed by atoms with Crippen molar-refractivity contribution in [3.8, 4) is 0 Å². The molecule has 0 fully saturated rings. The molecule has 0 atom stereocenters. The molecule has 0 heterocycles. The third kappa shape index (κ3) is 4.06. The van der Waals surface area contributed by atoms with Crippen molar-refractivity contribution in [2.45, 2.75) is 20.0 Å². The van der Waals surface area contributed by atoms with Crippen LogP contribution in [0.3, 0.4) is 0 Å². The number of amides is 1. The van der Waals surface area contributed by atoms with Crippen LogP contribution in [0.2, 0.25) is 5.02 Å². The number of benzene rings is 2. The van der Waals surface area contributed by atoms with E-state index in [1.165, 1.54) is 6.07 Å². The Hall–Kier alpha value is -1.91. The van der Waals surface area contributed by atoms with Crippen LogP contribution in [-0.4, -0.2) is 17.6 Å². The Bertz CT molecular complexity index is 671. The molecule has 0 aromatic heterocycles. The molecule has 0 bridgehead atoms. The van der Waals surface area contributed by atoms with Crippen LogP contribution in [0.5, 0.6) is 0 Å². The average Bonchev–Trinajstić information content (AvgIpc) is 2.51. The Kier molecular flexibility index (Phi) is 5.52. The molecule has 0 saturated heterocycles. The van der Waals surface area contributed by atoms with Crippen molar-refractivity contribution >= 4 is 17.5 Å². The second-order valence-electron chi connectivity index (χ2n) is 5.06. The molecule has 2 aromatic carbocycles. The lowest BCUT2D eigenvalue weighted by Gasteiger charge is -2.08. The zero-order chi connectivity index (χ0) is 16.1. The maximum atomic E-state index is 13.3. The van der Waals surface area contributed by atoms with Crippen molar-refractivity contribution in [1.29, 1.82) is 0 Å². The number of carbonyl (C=O) groups excluding carboxylic acids is 1. The molecule has 5 heteroatoms. The quantitative estimate of drug-likeness (QED) is 0.888. The fourth-order valence-electron chi connectivity index (χ4n) is 2.06. The van der Waals surface area contributed by atoms with E-state index in [0.29, 0.717) is 18.5 Å². The molecule has 0 aliphatic heterocycles. The normalized spacial score (nSPS) is 10.5. The third-order valence-corrected chi connectivity index (χ3v) is 3.71. The fraction of sp³-hybridized carbons (Fsp3) is 0.235. The number of rotatable bonds is 5. The zero-order valence-electron chi connectivity index (χ0n) is 12.2. The van der Waals surface area contributed by atoms with Crippen molar-refractivity contribution in [2.24, 2.45) is 0 Å². The molecule has 1 amide bonds. The van der Waals surface area contributed by atoms with Gasteiger partial charge in [0, 0.05) is 6.54 Å². The number of aryl methyl sites for hydroxylation is 1. The van der Waals surface area contributed by atoms with Crippen LogP contribution < -0.4 is 5.32 Å². The van der Waals surface area contributed by atoms with Crippen molar-refractivity contribution < 1.29 is 14.3 Å². The first kappa shape index (κ1) is 16.5. The summed E-state index contributed by atoms with van der Waals surface area (Å²) in [5.74, 6) is -0.745. The van der Waals surface area contributed by atoms with Crippen molar-refractivity contribution in [3.05, 3.63) is 69.5 Å². The predicted octanol–water partition coefficient (Wildman–Crippen LogP) is 3.25. The summed E-state index contributed by atoms with van der Waals surface area (Å²) in [5, 5.41) is 11.8. The van der Waals surface area contributed by atoms with Gasteiger partial charge in [0.05, 0.1) is 17.2 Å². The van der Waals surface area contributed by atoms with Gasteiger partial charge < -0.3 is 10.4 Å². The van der Waals surface area contributed by atoms with Gasteiger partial charge in [-0.2, -0.15) is 0 Å². The molecule has 116 valence electrons. The zero-order valence-corrected chi connectivity index (χ0v) is 13.0. The number of hydrogen-bond acceptors (Lipinski definition) is 2. The highest BCUT2D eigenvalue weighted by atomic mass is 35.5. The smallest absolute Gasteiger partial charge is 0.252 e. The van der Waals surface area contributed by atoms with E-state index in [4.69, 9.17) is 16.7 Å². The number of halogens is 2. The molecular formula is C17H17ClFNO2. The Morgan fingerprint density at radius 2 is 1.86 bits per heavy atom. The standard InChI is InChI=1S/C17H17ClFNO2/c1-11-8-14(15(18)9-16(11)19)17(22)20-7-6-12-2-4-13(10-21)5-3-12/h2-5,8-9,21H,6-7,10H2,1H3,(H,20,22). The molecule has 2 aromatic rings. The van der Waals surface area contributed by atoms with Crippen LogP contribution in [0.15, 0.2) is 36.4 Å². The molecule has 0 aliphatic rings. The fourth-order valence-corrected chi connectivity index (χ4v) is 2.29. The summed E-state index contributed by atoms with van der Waals surface area (Å²) < 4.78 is 13.3. The first-order valence-electron chi connectivity index (χ1n) is 6.94. The van der Waals surface area contributed by atoms with E-state index in [9.17, 15) is 9.18 Å². The van der Waals surface area contributed by atoms with Gasteiger partial charge >= 0.3 is 0 Å². The predicted molar refractivity (Wildman–Crippen MR) is 84.5 cm³/mol. The van der Waals surface area contributed by atoms with Crippen LogP contribution in [0.1, 0.15) is 27.0 Å². The van der Waals surface area contributed by atoms with Crippen LogP contribution >= 0.6 is 11.6 Å². The Morgan fingerprint density at radius 3 is 2.50 bits per heavy atom. The lowest BCUT2D eigenvalue weighted by molar-refractivity contribution is 0.0954. The lowest BCUT2D eigenvalue weighted by Crippen LogP contribution is -2.26. The number of aliphatic hydroxyl groups excluding tert-OH is 1. The van der Waals surface area contributed by atoms with Gasteiger partial charge in [0.25, 0.3) is 5.91 Å². The van der Waals surface area contributed by atoms with Gasteiger partial charge in [-0.1, -0.05) is 35.9 Å². The minimum atomic E-state index is -0.425. The van der Waals surface area contributed by atoms with Gasteiger partial charge in [-0.3, -0.25) is 4.79 Å². The summed E-state index contributed by atoms with van der Waals surface area (Å²) in [6.07, 6.45) is 0.662. The van der Waals surface area contributed by atoms with Gasteiger partial charge in [-0.25, -0.2) is 4.39 Å². The molecule has 22 heavy (non-hydrogen) atoms. The highest BCUT2D eigenvalue weighted by molar-refractivity contribution is 6.33. The van der Waals surface area contributed by atoms with Crippen LogP contribution in [0.4, 0.5) is 4.39 Å². The molecule has 0 radical (unpaired) electrons. The number of nitrogens with one attached hydrogen (secondary N) is 1. The van der Waals surface area contributed by atoms with E-state index in [-0.39, 0.29) is 23.1 Å². The summed E-state index contributed by atoms with van der Waals surface area (Å²) in [6, 6.07) is 10.1. The minimum Gasteiger partial charge on any atom is -0.392 e. The van der Waals surface area contributed by atoms with Crippen molar-refractivity contribution in [3.63, 3.8) is 0 Å². The summed E-state index contributed by atoms with van der Waals surface area (Å²) in [4.78, 5) is 12.1. The first-order chi connectivity index (χ1) is 10.5. The third-order valence-electron chi connectivity index (χ3n) is 3.40. The summed E-state index contributed by atoms with van der Waals surface area (Å²) in [7, 11) is 0. The average molecular weight is 322 g/mol. The molecule has 3 nitrogen and oxygen atoms in total. The summed E-state index contributed by atoms with van der Waals surface area (Å²) in [6.45, 7) is 2.05. The monoisotopic (exact) mass is 321 g/mol. The van der Waals surface area contributed by atoms with E-state index < -0.39 is 5.82 Å². The van der Waals surface area contributed by atoms with E-state index in [2.05, 4.69) is 5.32 Å². The van der Waals surface area contributed by atoms with Crippen LogP contribution in [-0.2, 0) is 13.0 Å². The van der Waals surface area contributed by atoms with Gasteiger partial charge in [-0.05, 0) is 42.2 Å².